The Bertz CT molecular complexity index is 996. The Kier molecular flexibility index (Phi) is 6.72. The van der Waals surface area contributed by atoms with Crippen molar-refractivity contribution >= 4 is 6.01 Å². The number of rotatable bonds is 8. The van der Waals surface area contributed by atoms with Crippen LogP contribution >= 0.6 is 0 Å². The maximum Gasteiger partial charge on any atom is 0.321 e. The van der Waals surface area contributed by atoms with Crippen molar-refractivity contribution in [2.24, 2.45) is 5.92 Å². The van der Waals surface area contributed by atoms with Crippen molar-refractivity contribution in [2.75, 3.05) is 39.2 Å². The Morgan fingerprint density at radius 2 is 1.84 bits per heavy atom. The maximum absolute atomic E-state index is 5.40. The summed E-state index contributed by atoms with van der Waals surface area (Å²) in [5.41, 5.74) is 3.61. The van der Waals surface area contributed by atoms with Crippen molar-refractivity contribution in [1.82, 2.24) is 15.0 Å². The number of hydrogen-bond donors (Lipinski definition) is 1. The number of hydrogen-bond acceptors (Lipinski definition) is 7. The van der Waals surface area contributed by atoms with Gasteiger partial charge in [0.2, 0.25) is 5.82 Å². The zero-order chi connectivity index (χ0) is 21.6. The molecule has 2 aromatic carbocycles. The van der Waals surface area contributed by atoms with Crippen LogP contribution in [0.4, 0.5) is 6.01 Å². The van der Waals surface area contributed by atoms with Gasteiger partial charge in [-0.25, -0.2) is 0 Å². The lowest BCUT2D eigenvalue weighted by Gasteiger charge is -2.32. The van der Waals surface area contributed by atoms with Gasteiger partial charge in [-0.2, -0.15) is 4.98 Å². The summed E-state index contributed by atoms with van der Waals surface area (Å²) in [4.78, 5) is 7.02. The van der Waals surface area contributed by atoms with E-state index >= 15 is 0 Å². The van der Waals surface area contributed by atoms with Gasteiger partial charge < -0.3 is 19.3 Å². The standard InChI is InChI=1S/C24H30N4O3/c1-17-6-4-5-7-20(17)16-28-12-10-18(11-13-28)15-25-24-26-23(27-31-24)19-8-9-21(29-2)22(14-19)30-3/h4-9,14,18H,10-13,15-16H2,1-3H3,(H,25,26,27). The summed E-state index contributed by atoms with van der Waals surface area (Å²) < 4.78 is 16.0. The lowest BCUT2D eigenvalue weighted by atomic mass is 9.96. The molecule has 0 radical (unpaired) electrons. The van der Waals surface area contributed by atoms with E-state index in [0.717, 1.165) is 44.6 Å². The normalized spacial score (nSPS) is 15.1. The third kappa shape index (κ3) is 5.17. The van der Waals surface area contributed by atoms with Crippen LogP contribution in [0.3, 0.4) is 0 Å². The van der Waals surface area contributed by atoms with Crippen LogP contribution in [0.2, 0.25) is 0 Å². The molecule has 7 nitrogen and oxygen atoms in total. The summed E-state index contributed by atoms with van der Waals surface area (Å²) in [6, 6.07) is 14.7. The number of aryl methyl sites for hydroxylation is 1. The lowest BCUT2D eigenvalue weighted by molar-refractivity contribution is 0.181. The van der Waals surface area contributed by atoms with E-state index in [4.69, 9.17) is 14.0 Å². The minimum atomic E-state index is 0.451. The minimum Gasteiger partial charge on any atom is -0.493 e. The Balaban J connectivity index is 1.27. The number of piperidine rings is 1. The first-order valence-corrected chi connectivity index (χ1v) is 10.7. The molecule has 3 aromatic rings. The van der Waals surface area contributed by atoms with Crippen LogP contribution in [0.15, 0.2) is 47.0 Å². The van der Waals surface area contributed by atoms with Crippen LogP contribution in [0.5, 0.6) is 11.5 Å². The molecule has 0 atom stereocenters. The average Bonchev–Trinajstić information content (AvgIpc) is 3.29. The van der Waals surface area contributed by atoms with Gasteiger partial charge in [0.05, 0.1) is 14.2 Å². The zero-order valence-corrected chi connectivity index (χ0v) is 18.4. The monoisotopic (exact) mass is 422 g/mol. The molecule has 0 aliphatic carbocycles. The molecule has 1 aliphatic heterocycles. The van der Waals surface area contributed by atoms with Gasteiger partial charge in [0.1, 0.15) is 0 Å². The number of anilines is 1. The SMILES string of the molecule is COc1ccc(-c2noc(NCC3CCN(Cc4ccccc4C)CC3)n2)cc1OC. The van der Waals surface area contributed by atoms with Gasteiger partial charge in [-0.3, -0.25) is 4.90 Å². The second-order valence-corrected chi connectivity index (χ2v) is 8.02. The van der Waals surface area contributed by atoms with E-state index in [0.29, 0.717) is 29.3 Å². The molecule has 0 saturated carbocycles. The number of nitrogens with one attached hydrogen (secondary N) is 1. The van der Waals surface area contributed by atoms with Crippen molar-refractivity contribution in [1.29, 1.82) is 0 Å². The number of ether oxygens (including phenoxy) is 2. The van der Waals surface area contributed by atoms with E-state index in [9.17, 15) is 0 Å². The van der Waals surface area contributed by atoms with E-state index in [1.807, 2.05) is 18.2 Å². The average molecular weight is 423 g/mol. The van der Waals surface area contributed by atoms with Crippen LogP contribution in [0.25, 0.3) is 11.4 Å². The second kappa shape index (κ2) is 9.83. The van der Waals surface area contributed by atoms with Crippen molar-refractivity contribution in [3.63, 3.8) is 0 Å². The number of benzene rings is 2. The molecule has 0 amide bonds. The minimum absolute atomic E-state index is 0.451. The van der Waals surface area contributed by atoms with Crippen LogP contribution in [0, 0.1) is 12.8 Å². The first-order chi connectivity index (χ1) is 15.2. The van der Waals surface area contributed by atoms with E-state index < -0.39 is 0 Å². The predicted molar refractivity (Wildman–Crippen MR) is 121 cm³/mol. The van der Waals surface area contributed by atoms with Crippen LogP contribution in [0.1, 0.15) is 24.0 Å². The van der Waals surface area contributed by atoms with Gasteiger partial charge in [0.25, 0.3) is 0 Å². The first-order valence-electron chi connectivity index (χ1n) is 10.7. The highest BCUT2D eigenvalue weighted by molar-refractivity contribution is 5.61. The highest BCUT2D eigenvalue weighted by atomic mass is 16.5. The summed E-state index contributed by atoms with van der Waals surface area (Å²) in [5, 5.41) is 7.41. The molecule has 0 unspecified atom stereocenters. The zero-order valence-electron chi connectivity index (χ0n) is 18.4. The van der Waals surface area contributed by atoms with Gasteiger partial charge >= 0.3 is 6.01 Å². The van der Waals surface area contributed by atoms with Crippen molar-refractivity contribution in [3.05, 3.63) is 53.6 Å². The molecular formula is C24H30N4O3. The Labute approximate surface area is 183 Å². The van der Waals surface area contributed by atoms with E-state index in [1.165, 1.54) is 11.1 Å². The summed E-state index contributed by atoms with van der Waals surface area (Å²) in [6.45, 7) is 6.28. The van der Waals surface area contributed by atoms with Gasteiger partial charge in [-0.05, 0) is 68.1 Å². The molecule has 7 heteroatoms. The van der Waals surface area contributed by atoms with Gasteiger partial charge in [0, 0.05) is 18.7 Å². The highest BCUT2D eigenvalue weighted by Crippen LogP contribution is 2.31. The summed E-state index contributed by atoms with van der Waals surface area (Å²) in [6.07, 6.45) is 2.32. The van der Waals surface area contributed by atoms with Crippen LogP contribution in [-0.4, -0.2) is 48.9 Å². The molecule has 1 N–H and O–H groups in total. The third-order valence-corrected chi connectivity index (χ3v) is 5.97. The van der Waals surface area contributed by atoms with E-state index in [-0.39, 0.29) is 0 Å². The molecule has 1 aliphatic rings. The molecule has 4 rings (SSSR count). The largest absolute Gasteiger partial charge is 0.493 e. The fourth-order valence-electron chi connectivity index (χ4n) is 4.00. The van der Waals surface area contributed by atoms with Gasteiger partial charge in [0.15, 0.2) is 11.5 Å². The predicted octanol–water partition coefficient (Wildman–Crippen LogP) is 4.39. The first kappa shape index (κ1) is 21.2. The molecule has 1 aromatic heterocycles. The van der Waals surface area contributed by atoms with Gasteiger partial charge in [-0.1, -0.05) is 29.4 Å². The smallest absolute Gasteiger partial charge is 0.321 e. The van der Waals surface area contributed by atoms with Crippen molar-refractivity contribution in [2.45, 2.75) is 26.3 Å². The van der Waals surface area contributed by atoms with E-state index in [2.05, 4.69) is 51.5 Å². The Morgan fingerprint density at radius 1 is 1.06 bits per heavy atom. The van der Waals surface area contributed by atoms with Crippen LogP contribution < -0.4 is 14.8 Å². The Hall–Kier alpha value is -3.06. The van der Waals surface area contributed by atoms with Crippen molar-refractivity contribution in [3.8, 4) is 22.9 Å². The molecule has 1 saturated heterocycles. The molecule has 164 valence electrons. The van der Waals surface area contributed by atoms with E-state index in [1.54, 1.807) is 14.2 Å². The topological polar surface area (TPSA) is 72.7 Å². The van der Waals surface area contributed by atoms with Gasteiger partial charge in [-0.15, -0.1) is 0 Å². The number of nitrogens with zero attached hydrogens (tertiary/aromatic N) is 3. The summed E-state index contributed by atoms with van der Waals surface area (Å²) >= 11 is 0. The summed E-state index contributed by atoms with van der Waals surface area (Å²) in [7, 11) is 3.22. The number of aromatic nitrogens is 2. The second-order valence-electron chi connectivity index (χ2n) is 8.02. The Morgan fingerprint density at radius 3 is 2.58 bits per heavy atom. The molecule has 31 heavy (non-hydrogen) atoms. The molecule has 0 bridgehead atoms. The quantitative estimate of drug-likeness (QED) is 0.577. The fourth-order valence-corrected chi connectivity index (χ4v) is 4.00. The fraction of sp³-hybridized carbons (Fsp3) is 0.417. The molecule has 2 heterocycles. The van der Waals surface area contributed by atoms with Crippen LogP contribution in [-0.2, 0) is 6.54 Å². The van der Waals surface area contributed by atoms with Crippen molar-refractivity contribution < 1.29 is 14.0 Å². The number of likely N-dealkylation sites (tertiary alicyclic amines) is 1. The highest BCUT2D eigenvalue weighted by Gasteiger charge is 2.20. The molecular weight excluding hydrogens is 392 g/mol. The number of methoxy groups -OCH3 is 2. The lowest BCUT2D eigenvalue weighted by Crippen LogP contribution is -2.35. The molecule has 0 spiro atoms. The summed E-state index contributed by atoms with van der Waals surface area (Å²) in [5.74, 6) is 2.43. The maximum atomic E-state index is 5.40. The third-order valence-electron chi connectivity index (χ3n) is 5.97. The molecule has 1 fully saturated rings.